The van der Waals surface area contributed by atoms with Crippen LogP contribution in [0.2, 0.25) is 0 Å². The molecule has 12 rings (SSSR count). The Morgan fingerprint density at radius 1 is 0.274 bits per heavy atom. The van der Waals surface area contributed by atoms with Gasteiger partial charge in [0.2, 0.25) is 0 Å². The van der Waals surface area contributed by atoms with Crippen LogP contribution in [0.3, 0.4) is 0 Å². The summed E-state index contributed by atoms with van der Waals surface area (Å²) < 4.78 is 2.45. The molecule has 0 saturated carbocycles. The van der Waals surface area contributed by atoms with Gasteiger partial charge in [0, 0.05) is 33.0 Å². The van der Waals surface area contributed by atoms with E-state index in [2.05, 4.69) is 252 Å². The predicted octanol–water partition coefficient (Wildman–Crippen LogP) is 16.7. The molecule has 0 fully saturated rings. The summed E-state index contributed by atoms with van der Waals surface area (Å²) in [6.45, 7) is 0. The van der Waals surface area contributed by atoms with Crippen LogP contribution < -0.4 is 4.90 Å². The quantitative estimate of drug-likeness (QED) is 0.156. The molecule has 0 spiro atoms. The number of rotatable bonds is 7. The van der Waals surface area contributed by atoms with E-state index in [4.69, 9.17) is 0 Å². The van der Waals surface area contributed by atoms with E-state index >= 15 is 0 Å². The number of fused-ring (bicyclic) bond motifs is 6. The molecule has 11 aromatic carbocycles. The molecule has 0 amide bonds. The van der Waals surface area contributed by atoms with Crippen molar-refractivity contribution in [3.05, 3.63) is 243 Å². The van der Waals surface area contributed by atoms with Gasteiger partial charge in [-0.15, -0.1) is 0 Å². The van der Waals surface area contributed by atoms with Crippen molar-refractivity contribution in [1.29, 1.82) is 0 Å². The fourth-order valence-corrected chi connectivity index (χ4v) is 9.64. The number of anilines is 3. The van der Waals surface area contributed by atoms with Crippen LogP contribution in [0.25, 0.3) is 93.2 Å². The van der Waals surface area contributed by atoms with E-state index < -0.39 is 0 Å². The first-order valence-electron chi connectivity index (χ1n) is 21.3. The van der Waals surface area contributed by atoms with Crippen molar-refractivity contribution < 1.29 is 0 Å². The Balaban J connectivity index is 1.03. The normalized spacial score (nSPS) is 11.5. The number of nitrogens with zero attached hydrogens (tertiary/aromatic N) is 2. The smallest absolute Gasteiger partial charge is 0.0547 e. The Labute approximate surface area is 360 Å². The summed E-state index contributed by atoms with van der Waals surface area (Å²) in [6, 6.07) is 88.5. The van der Waals surface area contributed by atoms with E-state index in [1.165, 1.54) is 81.9 Å². The summed E-state index contributed by atoms with van der Waals surface area (Å²) in [5, 5.41) is 9.89. The molecular weight excluding hydrogens is 749 g/mol. The minimum Gasteiger partial charge on any atom is -0.309 e. The Morgan fingerprint density at radius 2 is 0.855 bits per heavy atom. The summed E-state index contributed by atoms with van der Waals surface area (Å²) in [5.74, 6) is 0. The van der Waals surface area contributed by atoms with Crippen LogP contribution in [0.15, 0.2) is 243 Å². The van der Waals surface area contributed by atoms with Crippen molar-refractivity contribution in [2.24, 2.45) is 0 Å². The van der Waals surface area contributed by atoms with Crippen LogP contribution in [-0.4, -0.2) is 4.57 Å². The first-order chi connectivity index (χ1) is 30.8. The molecular formula is C60H40N2. The fourth-order valence-electron chi connectivity index (χ4n) is 9.64. The zero-order valence-corrected chi connectivity index (χ0v) is 34.0. The molecule has 2 nitrogen and oxygen atoms in total. The number of hydrogen-bond donors (Lipinski definition) is 0. The number of hydrogen-bond acceptors (Lipinski definition) is 1. The number of aromatic nitrogens is 1. The van der Waals surface area contributed by atoms with Crippen molar-refractivity contribution >= 4 is 71.2 Å². The largest absolute Gasteiger partial charge is 0.309 e. The Kier molecular flexibility index (Phi) is 8.53. The van der Waals surface area contributed by atoms with Gasteiger partial charge >= 0.3 is 0 Å². The van der Waals surface area contributed by atoms with E-state index in [1.54, 1.807) is 0 Å². The van der Waals surface area contributed by atoms with Gasteiger partial charge in [-0.2, -0.15) is 0 Å². The molecule has 1 aromatic heterocycles. The molecule has 0 aliphatic carbocycles. The lowest BCUT2D eigenvalue weighted by Gasteiger charge is -2.30. The van der Waals surface area contributed by atoms with Gasteiger partial charge in [0.15, 0.2) is 0 Å². The van der Waals surface area contributed by atoms with Crippen LogP contribution in [0.5, 0.6) is 0 Å². The monoisotopic (exact) mass is 788 g/mol. The Hall–Kier alpha value is -8.20. The summed E-state index contributed by atoms with van der Waals surface area (Å²) in [4.78, 5) is 2.45. The van der Waals surface area contributed by atoms with E-state index in [0.29, 0.717) is 0 Å². The maximum Gasteiger partial charge on any atom is 0.0547 e. The van der Waals surface area contributed by atoms with Gasteiger partial charge in [-0.3, -0.25) is 0 Å². The van der Waals surface area contributed by atoms with Crippen LogP contribution in [0.4, 0.5) is 17.1 Å². The highest BCUT2D eigenvalue weighted by molar-refractivity contribution is 6.14. The molecule has 62 heavy (non-hydrogen) atoms. The zero-order chi connectivity index (χ0) is 41.0. The molecule has 0 saturated heterocycles. The van der Waals surface area contributed by atoms with E-state index in [-0.39, 0.29) is 0 Å². The van der Waals surface area contributed by atoms with Crippen molar-refractivity contribution in [2.45, 2.75) is 0 Å². The molecule has 0 aliphatic heterocycles. The van der Waals surface area contributed by atoms with E-state index in [9.17, 15) is 0 Å². The van der Waals surface area contributed by atoms with Gasteiger partial charge in [0.1, 0.15) is 0 Å². The van der Waals surface area contributed by atoms with Gasteiger partial charge < -0.3 is 9.47 Å². The predicted molar refractivity (Wildman–Crippen MR) is 264 cm³/mol. The first-order valence-corrected chi connectivity index (χ1v) is 21.3. The van der Waals surface area contributed by atoms with Gasteiger partial charge in [-0.25, -0.2) is 0 Å². The SMILES string of the molecule is c1ccc(-c2ccccc2N(c2ccc(-c3ccccc3-n3c4ccccc4c4cc5ccccc5cc43)cc2)c2ccc(-c3ccc4ccccc4c3)c3ccccc23)cc1. The van der Waals surface area contributed by atoms with Crippen LogP contribution >= 0.6 is 0 Å². The third-order valence-electron chi connectivity index (χ3n) is 12.6. The summed E-state index contributed by atoms with van der Waals surface area (Å²) >= 11 is 0. The maximum absolute atomic E-state index is 2.45. The second-order valence-electron chi connectivity index (χ2n) is 16.1. The molecule has 1 heterocycles. The lowest BCUT2D eigenvalue weighted by atomic mass is 9.94. The Bertz CT molecular complexity index is 3640. The number of para-hydroxylation sites is 3. The molecule has 0 N–H and O–H groups in total. The van der Waals surface area contributed by atoms with Crippen LogP contribution in [-0.2, 0) is 0 Å². The highest BCUT2D eigenvalue weighted by Crippen LogP contribution is 2.46. The van der Waals surface area contributed by atoms with E-state index in [1.807, 2.05) is 0 Å². The van der Waals surface area contributed by atoms with Crippen LogP contribution in [0.1, 0.15) is 0 Å². The van der Waals surface area contributed by atoms with E-state index in [0.717, 1.165) is 28.3 Å². The highest BCUT2D eigenvalue weighted by atomic mass is 15.1. The van der Waals surface area contributed by atoms with Gasteiger partial charge in [-0.05, 0) is 104 Å². The lowest BCUT2D eigenvalue weighted by molar-refractivity contribution is 1.18. The molecule has 0 aliphatic rings. The topological polar surface area (TPSA) is 8.17 Å². The third kappa shape index (κ3) is 5.96. The van der Waals surface area contributed by atoms with Crippen molar-refractivity contribution in [2.75, 3.05) is 4.90 Å². The minimum atomic E-state index is 1.08. The highest BCUT2D eigenvalue weighted by Gasteiger charge is 2.22. The molecule has 290 valence electrons. The summed E-state index contributed by atoms with van der Waals surface area (Å²) in [5.41, 5.74) is 14.0. The molecule has 0 bridgehead atoms. The third-order valence-corrected chi connectivity index (χ3v) is 12.6. The Morgan fingerprint density at radius 3 is 1.66 bits per heavy atom. The fraction of sp³-hybridized carbons (Fsp3) is 0. The zero-order valence-electron chi connectivity index (χ0n) is 34.0. The molecule has 0 atom stereocenters. The lowest BCUT2D eigenvalue weighted by Crippen LogP contribution is -2.12. The minimum absolute atomic E-state index is 1.08. The molecule has 2 heteroatoms. The van der Waals surface area contributed by atoms with Gasteiger partial charge in [0.25, 0.3) is 0 Å². The average Bonchev–Trinajstić information content (AvgIpc) is 3.66. The van der Waals surface area contributed by atoms with Crippen molar-refractivity contribution in [3.63, 3.8) is 0 Å². The van der Waals surface area contributed by atoms with Crippen LogP contribution in [0, 0.1) is 0 Å². The number of benzene rings is 11. The van der Waals surface area contributed by atoms with Crippen molar-refractivity contribution in [3.8, 4) is 39.1 Å². The average molecular weight is 789 g/mol. The summed E-state index contributed by atoms with van der Waals surface area (Å²) in [6.07, 6.45) is 0. The second-order valence-corrected chi connectivity index (χ2v) is 16.1. The first kappa shape index (κ1) is 35.7. The standard InChI is InChI=1S/C60H40N2/c1-2-17-42(18-3-1)50-22-10-13-27-56(50)61(59-37-36-49(52-24-8-9-25-53(52)59)47-31-30-41-16-4-5-19-44(41)38-47)48-34-32-43(33-35-48)51-23-11-14-28-57(51)62-58-29-15-12-26-54(58)55-39-45-20-6-7-21-46(45)40-60(55)62/h1-40H. The van der Waals surface area contributed by atoms with Gasteiger partial charge in [0.05, 0.1) is 28.1 Å². The molecule has 12 aromatic rings. The molecule has 0 radical (unpaired) electrons. The second kappa shape index (κ2) is 14.8. The molecule has 0 unspecified atom stereocenters. The van der Waals surface area contributed by atoms with Crippen molar-refractivity contribution in [1.82, 2.24) is 4.57 Å². The van der Waals surface area contributed by atoms with Gasteiger partial charge in [-0.1, -0.05) is 188 Å². The summed E-state index contributed by atoms with van der Waals surface area (Å²) in [7, 11) is 0. The maximum atomic E-state index is 2.45.